The highest BCUT2D eigenvalue weighted by molar-refractivity contribution is 5.65. The molecule has 0 bridgehead atoms. The minimum Gasteiger partial charge on any atom is -0.465 e. The van der Waals surface area contributed by atoms with Crippen LogP contribution in [0, 0.1) is 5.92 Å². The van der Waals surface area contributed by atoms with E-state index in [-0.39, 0.29) is 0 Å². The van der Waals surface area contributed by atoms with E-state index in [9.17, 15) is 4.79 Å². The Morgan fingerprint density at radius 3 is 2.78 bits per heavy atom. The van der Waals surface area contributed by atoms with Crippen molar-refractivity contribution in [1.82, 2.24) is 9.80 Å². The van der Waals surface area contributed by atoms with Crippen LogP contribution in [0.5, 0.6) is 0 Å². The molecule has 2 heterocycles. The first kappa shape index (κ1) is 11.5. The van der Waals surface area contributed by atoms with E-state index in [1.165, 1.54) is 5.56 Å². The van der Waals surface area contributed by atoms with E-state index in [1.807, 2.05) is 6.07 Å². The maximum atomic E-state index is 11.0. The Kier molecular flexibility index (Phi) is 2.96. The summed E-state index contributed by atoms with van der Waals surface area (Å²) in [5.74, 6) is 0.698. The van der Waals surface area contributed by atoms with Crippen LogP contribution in [0.4, 0.5) is 4.79 Å². The van der Waals surface area contributed by atoms with E-state index in [2.05, 4.69) is 29.2 Å². The third-order valence-corrected chi connectivity index (χ3v) is 4.16. The molecule has 0 spiro atoms. The van der Waals surface area contributed by atoms with Crippen LogP contribution in [0.2, 0.25) is 0 Å². The molecule has 0 radical (unpaired) electrons. The highest BCUT2D eigenvalue weighted by Gasteiger charge is 2.43. The molecule has 2 aliphatic rings. The van der Waals surface area contributed by atoms with Crippen molar-refractivity contribution in [3.05, 3.63) is 35.9 Å². The molecule has 1 amide bonds. The van der Waals surface area contributed by atoms with Crippen molar-refractivity contribution >= 4 is 6.09 Å². The summed E-state index contributed by atoms with van der Waals surface area (Å²) in [6, 6.07) is 10.8. The standard InChI is InChI=1S/C14H18N2O2/c17-14(18)15-7-6-12-9-16(13(12)10-15)8-11-4-2-1-3-5-11/h1-5,12-13H,6-10H2,(H,17,18)/t12-,13-/m0/s1. The molecule has 0 aromatic heterocycles. The third kappa shape index (κ3) is 2.08. The molecule has 2 saturated heterocycles. The van der Waals surface area contributed by atoms with Gasteiger partial charge in [-0.05, 0) is 17.9 Å². The summed E-state index contributed by atoms with van der Waals surface area (Å²) in [5.41, 5.74) is 1.31. The Morgan fingerprint density at radius 2 is 2.06 bits per heavy atom. The zero-order valence-corrected chi connectivity index (χ0v) is 10.3. The fourth-order valence-corrected chi connectivity index (χ4v) is 3.08. The van der Waals surface area contributed by atoms with Gasteiger partial charge in [-0.25, -0.2) is 4.79 Å². The quantitative estimate of drug-likeness (QED) is 0.866. The van der Waals surface area contributed by atoms with Gasteiger partial charge in [0, 0.05) is 32.2 Å². The molecule has 4 heteroatoms. The first-order chi connectivity index (χ1) is 8.74. The van der Waals surface area contributed by atoms with E-state index in [4.69, 9.17) is 5.11 Å². The van der Waals surface area contributed by atoms with Crippen LogP contribution in [-0.4, -0.2) is 46.7 Å². The fraction of sp³-hybridized carbons (Fsp3) is 0.500. The van der Waals surface area contributed by atoms with Crippen molar-refractivity contribution < 1.29 is 9.90 Å². The summed E-state index contributed by atoms with van der Waals surface area (Å²) in [5, 5.41) is 9.05. The summed E-state index contributed by atoms with van der Waals surface area (Å²) in [4.78, 5) is 15.0. The van der Waals surface area contributed by atoms with Crippen molar-refractivity contribution in [2.24, 2.45) is 5.92 Å². The van der Waals surface area contributed by atoms with E-state index >= 15 is 0 Å². The van der Waals surface area contributed by atoms with Gasteiger partial charge < -0.3 is 10.0 Å². The second-order valence-corrected chi connectivity index (χ2v) is 5.26. The molecule has 2 fully saturated rings. The number of hydrogen-bond donors (Lipinski definition) is 1. The van der Waals surface area contributed by atoms with Gasteiger partial charge in [0.15, 0.2) is 0 Å². The Bertz CT molecular complexity index is 435. The molecule has 4 nitrogen and oxygen atoms in total. The predicted molar refractivity (Wildman–Crippen MR) is 68.3 cm³/mol. The Balaban J connectivity index is 1.62. The maximum absolute atomic E-state index is 11.0. The zero-order chi connectivity index (χ0) is 12.5. The molecule has 0 unspecified atom stereocenters. The second kappa shape index (κ2) is 4.61. The number of piperidine rings is 1. The van der Waals surface area contributed by atoms with Gasteiger partial charge in [0.1, 0.15) is 0 Å². The highest BCUT2D eigenvalue weighted by atomic mass is 16.4. The lowest BCUT2D eigenvalue weighted by atomic mass is 9.82. The van der Waals surface area contributed by atoms with E-state index < -0.39 is 6.09 Å². The molecule has 3 rings (SSSR count). The maximum Gasteiger partial charge on any atom is 0.407 e. The number of fused-ring (bicyclic) bond motifs is 1. The molecular weight excluding hydrogens is 228 g/mol. The average Bonchev–Trinajstić information content (AvgIpc) is 2.37. The van der Waals surface area contributed by atoms with Crippen LogP contribution in [0.3, 0.4) is 0 Å². The van der Waals surface area contributed by atoms with E-state index in [0.29, 0.717) is 25.0 Å². The zero-order valence-electron chi connectivity index (χ0n) is 10.3. The topological polar surface area (TPSA) is 43.8 Å². The van der Waals surface area contributed by atoms with Crippen LogP contribution in [0.15, 0.2) is 30.3 Å². The Hall–Kier alpha value is -1.55. The summed E-state index contributed by atoms with van der Waals surface area (Å²) in [6.45, 7) is 3.44. The number of rotatable bonds is 2. The lowest BCUT2D eigenvalue weighted by Crippen LogP contribution is -2.64. The minimum absolute atomic E-state index is 0.426. The van der Waals surface area contributed by atoms with Gasteiger partial charge in [-0.15, -0.1) is 0 Å². The molecular formula is C14H18N2O2. The van der Waals surface area contributed by atoms with Gasteiger partial charge in [0.05, 0.1) is 0 Å². The van der Waals surface area contributed by atoms with Crippen LogP contribution in [0.1, 0.15) is 12.0 Å². The molecule has 1 N–H and O–H groups in total. The van der Waals surface area contributed by atoms with Crippen molar-refractivity contribution in [2.45, 2.75) is 19.0 Å². The first-order valence-electron chi connectivity index (χ1n) is 6.50. The number of benzene rings is 1. The Morgan fingerprint density at radius 1 is 1.28 bits per heavy atom. The largest absolute Gasteiger partial charge is 0.465 e. The molecule has 2 atom stereocenters. The number of hydrogen-bond acceptors (Lipinski definition) is 2. The number of amides is 1. The average molecular weight is 246 g/mol. The van der Waals surface area contributed by atoms with Gasteiger partial charge in [0.2, 0.25) is 0 Å². The molecule has 96 valence electrons. The SMILES string of the molecule is O=C(O)N1CC[C@H]2CN(Cc3ccccc3)[C@H]2C1. The van der Waals surface area contributed by atoms with Crippen LogP contribution >= 0.6 is 0 Å². The summed E-state index contributed by atoms with van der Waals surface area (Å²) in [6.07, 6.45) is 0.238. The molecule has 1 aromatic rings. The summed E-state index contributed by atoms with van der Waals surface area (Å²) >= 11 is 0. The normalized spacial score (nSPS) is 27.4. The highest BCUT2D eigenvalue weighted by Crippen LogP contribution is 2.33. The number of carboxylic acid groups (broad SMARTS) is 1. The lowest BCUT2D eigenvalue weighted by molar-refractivity contribution is -0.0437. The van der Waals surface area contributed by atoms with Crippen LogP contribution < -0.4 is 0 Å². The van der Waals surface area contributed by atoms with Crippen molar-refractivity contribution in [2.75, 3.05) is 19.6 Å². The lowest BCUT2D eigenvalue weighted by Gasteiger charge is -2.53. The smallest absolute Gasteiger partial charge is 0.407 e. The molecule has 2 aliphatic heterocycles. The molecule has 1 aromatic carbocycles. The minimum atomic E-state index is -0.778. The number of nitrogens with zero attached hydrogens (tertiary/aromatic N) is 2. The summed E-state index contributed by atoms with van der Waals surface area (Å²) < 4.78 is 0. The van der Waals surface area contributed by atoms with Gasteiger partial charge in [0.25, 0.3) is 0 Å². The van der Waals surface area contributed by atoms with Gasteiger partial charge >= 0.3 is 6.09 Å². The molecule has 18 heavy (non-hydrogen) atoms. The fourth-order valence-electron chi connectivity index (χ4n) is 3.08. The van der Waals surface area contributed by atoms with Crippen molar-refractivity contribution in [1.29, 1.82) is 0 Å². The van der Waals surface area contributed by atoms with Gasteiger partial charge in [-0.1, -0.05) is 30.3 Å². The summed E-state index contributed by atoms with van der Waals surface area (Å²) in [7, 11) is 0. The predicted octanol–water partition coefficient (Wildman–Crippen LogP) is 1.87. The number of likely N-dealkylation sites (tertiary alicyclic amines) is 2. The first-order valence-corrected chi connectivity index (χ1v) is 6.50. The molecule has 0 saturated carbocycles. The molecule has 0 aliphatic carbocycles. The van der Waals surface area contributed by atoms with E-state index in [1.54, 1.807) is 4.90 Å². The Labute approximate surface area is 107 Å². The van der Waals surface area contributed by atoms with Crippen LogP contribution in [-0.2, 0) is 6.54 Å². The van der Waals surface area contributed by atoms with E-state index in [0.717, 1.165) is 19.5 Å². The van der Waals surface area contributed by atoms with Crippen molar-refractivity contribution in [3.63, 3.8) is 0 Å². The number of carbonyl (C=O) groups is 1. The van der Waals surface area contributed by atoms with Crippen LogP contribution in [0.25, 0.3) is 0 Å². The monoisotopic (exact) mass is 246 g/mol. The van der Waals surface area contributed by atoms with Crippen molar-refractivity contribution in [3.8, 4) is 0 Å². The van der Waals surface area contributed by atoms with Gasteiger partial charge in [-0.2, -0.15) is 0 Å². The third-order valence-electron chi connectivity index (χ3n) is 4.16. The van der Waals surface area contributed by atoms with Gasteiger partial charge in [-0.3, -0.25) is 4.90 Å². The second-order valence-electron chi connectivity index (χ2n) is 5.26.